The number of rotatable bonds is 3. The topological polar surface area (TPSA) is 23.6 Å². The molecule has 0 aromatic heterocycles. The molecule has 1 aromatic rings. The molecule has 0 spiro atoms. The zero-order valence-corrected chi connectivity index (χ0v) is 13.2. The van der Waals surface area contributed by atoms with Gasteiger partial charge in [0.15, 0.2) is 0 Å². The van der Waals surface area contributed by atoms with E-state index in [2.05, 4.69) is 4.90 Å². The molecule has 1 aromatic carbocycles. The molecule has 0 bridgehead atoms. The van der Waals surface area contributed by atoms with Crippen molar-refractivity contribution in [2.45, 2.75) is 38.4 Å². The number of hydrogen-bond donors (Lipinski definition) is 0. The first-order valence-corrected chi connectivity index (χ1v) is 8.04. The molecule has 2 aliphatic rings. The van der Waals surface area contributed by atoms with Gasteiger partial charge < -0.3 is 9.80 Å². The number of anilines is 1. The third-order valence-corrected chi connectivity index (χ3v) is 4.73. The zero-order valence-electron chi connectivity index (χ0n) is 13.2. The SMILES string of the molecule is CC(=O)CCN1CCCN2c3c(cccc3C(F)(F)F)CC2C1. The van der Waals surface area contributed by atoms with E-state index in [0.29, 0.717) is 31.6 Å². The van der Waals surface area contributed by atoms with Gasteiger partial charge in [0.2, 0.25) is 0 Å². The second-order valence-electron chi connectivity index (χ2n) is 6.47. The predicted octanol–water partition coefficient (Wildman–Crippen LogP) is 3.12. The van der Waals surface area contributed by atoms with Crippen LogP contribution in [0.15, 0.2) is 18.2 Å². The predicted molar refractivity (Wildman–Crippen MR) is 82.6 cm³/mol. The van der Waals surface area contributed by atoms with E-state index in [-0.39, 0.29) is 11.8 Å². The summed E-state index contributed by atoms with van der Waals surface area (Å²) in [5.74, 6) is 0.153. The highest BCUT2D eigenvalue weighted by molar-refractivity contribution is 5.75. The first kappa shape index (κ1) is 16.3. The van der Waals surface area contributed by atoms with Crippen LogP contribution in [0.3, 0.4) is 0 Å². The fourth-order valence-electron chi connectivity index (χ4n) is 3.70. The highest BCUT2D eigenvalue weighted by atomic mass is 19.4. The number of hydrogen-bond acceptors (Lipinski definition) is 3. The van der Waals surface area contributed by atoms with Gasteiger partial charge in [-0.2, -0.15) is 13.2 Å². The first-order chi connectivity index (χ1) is 10.9. The number of alkyl halides is 3. The molecule has 6 heteroatoms. The summed E-state index contributed by atoms with van der Waals surface area (Å²) in [5.41, 5.74) is 0.645. The van der Waals surface area contributed by atoms with Gasteiger partial charge in [0, 0.05) is 32.1 Å². The van der Waals surface area contributed by atoms with Crippen LogP contribution in [0.1, 0.15) is 30.9 Å². The Morgan fingerprint density at radius 1 is 1.30 bits per heavy atom. The van der Waals surface area contributed by atoms with E-state index in [1.165, 1.54) is 12.1 Å². The zero-order chi connectivity index (χ0) is 16.6. The summed E-state index contributed by atoms with van der Waals surface area (Å²) < 4.78 is 39.9. The van der Waals surface area contributed by atoms with Gasteiger partial charge in [-0.1, -0.05) is 12.1 Å². The number of halogens is 3. The minimum absolute atomic E-state index is 0.0722. The maximum atomic E-state index is 13.3. The summed E-state index contributed by atoms with van der Waals surface area (Å²) >= 11 is 0. The summed E-state index contributed by atoms with van der Waals surface area (Å²) in [4.78, 5) is 15.3. The summed E-state index contributed by atoms with van der Waals surface area (Å²) in [6.07, 6.45) is -2.34. The molecule has 0 saturated carbocycles. The van der Waals surface area contributed by atoms with Crippen LogP contribution in [-0.2, 0) is 17.4 Å². The highest BCUT2D eigenvalue weighted by Crippen LogP contribution is 2.43. The molecule has 126 valence electrons. The summed E-state index contributed by atoms with van der Waals surface area (Å²) in [5, 5.41) is 0. The molecule has 0 amide bonds. The lowest BCUT2D eigenvalue weighted by molar-refractivity contribution is -0.137. The van der Waals surface area contributed by atoms with Crippen molar-refractivity contribution in [1.29, 1.82) is 0 Å². The number of para-hydroxylation sites is 1. The molecule has 1 unspecified atom stereocenters. The molecule has 0 aliphatic carbocycles. The van der Waals surface area contributed by atoms with Crippen molar-refractivity contribution >= 4 is 11.5 Å². The van der Waals surface area contributed by atoms with Gasteiger partial charge in [0.05, 0.1) is 11.3 Å². The Hall–Kier alpha value is -1.56. The van der Waals surface area contributed by atoms with E-state index < -0.39 is 11.7 Å². The van der Waals surface area contributed by atoms with E-state index in [9.17, 15) is 18.0 Å². The van der Waals surface area contributed by atoms with Crippen molar-refractivity contribution in [2.24, 2.45) is 0 Å². The molecule has 2 heterocycles. The molecule has 0 N–H and O–H groups in total. The molecule has 1 saturated heterocycles. The normalized spacial score (nSPS) is 21.7. The minimum atomic E-state index is -4.32. The fourth-order valence-corrected chi connectivity index (χ4v) is 3.70. The van der Waals surface area contributed by atoms with Crippen molar-refractivity contribution < 1.29 is 18.0 Å². The average molecular weight is 326 g/mol. The molecule has 0 radical (unpaired) electrons. The minimum Gasteiger partial charge on any atom is -0.366 e. The number of carbonyl (C=O) groups is 1. The van der Waals surface area contributed by atoms with Gasteiger partial charge in [-0.05, 0) is 37.9 Å². The van der Waals surface area contributed by atoms with Crippen LogP contribution in [0.25, 0.3) is 0 Å². The molecule has 1 atom stereocenters. The molecule has 3 rings (SSSR count). The van der Waals surface area contributed by atoms with Crippen molar-refractivity contribution in [1.82, 2.24) is 4.90 Å². The largest absolute Gasteiger partial charge is 0.418 e. The number of nitrogens with zero attached hydrogens (tertiary/aromatic N) is 2. The van der Waals surface area contributed by atoms with E-state index in [1.807, 2.05) is 4.90 Å². The van der Waals surface area contributed by atoms with Gasteiger partial charge in [-0.25, -0.2) is 0 Å². The smallest absolute Gasteiger partial charge is 0.366 e. The maximum absolute atomic E-state index is 13.3. The Labute approximate surface area is 134 Å². The molecule has 3 nitrogen and oxygen atoms in total. The lowest BCUT2D eigenvalue weighted by Gasteiger charge is -2.28. The molecular formula is C17H21F3N2O. The Morgan fingerprint density at radius 2 is 2.09 bits per heavy atom. The molecule has 2 aliphatic heterocycles. The van der Waals surface area contributed by atoms with Crippen molar-refractivity contribution in [3.8, 4) is 0 Å². The summed E-state index contributed by atoms with van der Waals surface area (Å²) in [7, 11) is 0. The average Bonchev–Trinajstić information content (AvgIpc) is 2.68. The quantitative estimate of drug-likeness (QED) is 0.853. The standard InChI is InChI=1S/C17H21F3N2O/c1-12(23)6-9-21-7-3-8-22-14(11-21)10-13-4-2-5-15(16(13)22)17(18,19)20/h2,4-5,14H,3,6-11H2,1H3. The monoisotopic (exact) mass is 326 g/mol. The number of ketones is 1. The Morgan fingerprint density at radius 3 is 2.78 bits per heavy atom. The van der Waals surface area contributed by atoms with Gasteiger partial charge in [0.25, 0.3) is 0 Å². The number of benzene rings is 1. The Kier molecular flexibility index (Phi) is 4.36. The van der Waals surface area contributed by atoms with Gasteiger partial charge in [-0.3, -0.25) is 4.79 Å². The van der Waals surface area contributed by atoms with Crippen LogP contribution in [0.5, 0.6) is 0 Å². The van der Waals surface area contributed by atoms with Gasteiger partial charge >= 0.3 is 6.18 Å². The lowest BCUT2D eigenvalue weighted by Crippen LogP contribution is -2.39. The van der Waals surface area contributed by atoms with Crippen molar-refractivity contribution in [3.63, 3.8) is 0 Å². The third kappa shape index (κ3) is 3.37. The summed E-state index contributed by atoms with van der Waals surface area (Å²) in [6.45, 7) is 4.47. The van der Waals surface area contributed by atoms with Crippen LogP contribution in [0.2, 0.25) is 0 Å². The second-order valence-corrected chi connectivity index (χ2v) is 6.47. The Bertz CT molecular complexity index is 600. The van der Waals surface area contributed by atoms with Crippen LogP contribution < -0.4 is 4.90 Å². The van der Waals surface area contributed by atoms with Crippen molar-refractivity contribution in [2.75, 3.05) is 31.1 Å². The lowest BCUT2D eigenvalue weighted by atomic mass is 10.1. The van der Waals surface area contributed by atoms with Crippen LogP contribution in [0, 0.1) is 0 Å². The van der Waals surface area contributed by atoms with Gasteiger partial charge in [0.1, 0.15) is 5.78 Å². The number of carbonyl (C=O) groups excluding carboxylic acids is 1. The molecule has 1 fully saturated rings. The van der Waals surface area contributed by atoms with Crippen LogP contribution in [0.4, 0.5) is 18.9 Å². The number of fused-ring (bicyclic) bond motifs is 3. The van der Waals surface area contributed by atoms with E-state index in [0.717, 1.165) is 25.1 Å². The third-order valence-electron chi connectivity index (χ3n) is 4.73. The van der Waals surface area contributed by atoms with E-state index in [1.54, 1.807) is 13.0 Å². The Balaban J connectivity index is 1.83. The van der Waals surface area contributed by atoms with Crippen LogP contribution in [-0.4, -0.2) is 42.9 Å². The first-order valence-electron chi connectivity index (χ1n) is 8.04. The summed E-state index contributed by atoms with van der Waals surface area (Å²) in [6, 6.07) is 4.56. The molecular weight excluding hydrogens is 305 g/mol. The van der Waals surface area contributed by atoms with Crippen molar-refractivity contribution in [3.05, 3.63) is 29.3 Å². The second kappa shape index (κ2) is 6.15. The van der Waals surface area contributed by atoms with Gasteiger partial charge in [-0.15, -0.1) is 0 Å². The van der Waals surface area contributed by atoms with E-state index in [4.69, 9.17) is 0 Å². The van der Waals surface area contributed by atoms with E-state index >= 15 is 0 Å². The molecule has 23 heavy (non-hydrogen) atoms. The maximum Gasteiger partial charge on any atom is 0.418 e. The van der Waals surface area contributed by atoms with Crippen LogP contribution >= 0.6 is 0 Å². The highest BCUT2D eigenvalue weighted by Gasteiger charge is 2.41. The number of Topliss-reactive ketones (excluding diaryl/α,β-unsaturated/α-hetero) is 1. The fraction of sp³-hybridized carbons (Fsp3) is 0.588.